The summed E-state index contributed by atoms with van der Waals surface area (Å²) in [6.07, 6.45) is 0.647. The van der Waals surface area contributed by atoms with Crippen molar-refractivity contribution in [2.24, 2.45) is 10.7 Å². The van der Waals surface area contributed by atoms with Crippen molar-refractivity contribution >= 4 is 5.96 Å². The Morgan fingerprint density at radius 3 is 2.59 bits per heavy atom. The number of guanidine groups is 1. The van der Waals surface area contributed by atoms with Gasteiger partial charge in [-0.05, 0) is 30.2 Å². The fraction of sp³-hybridized carbons (Fsp3) is 0.235. The average Bonchev–Trinajstić information content (AvgIpc) is 2.55. The Morgan fingerprint density at radius 1 is 1.18 bits per heavy atom. The zero-order chi connectivity index (χ0) is 15.5. The van der Waals surface area contributed by atoms with Crippen molar-refractivity contribution in [2.45, 2.75) is 18.5 Å². The molecule has 1 aliphatic rings. The lowest BCUT2D eigenvalue weighted by atomic mass is 9.93. The van der Waals surface area contributed by atoms with Gasteiger partial charge in [-0.15, -0.1) is 0 Å². The first kappa shape index (κ1) is 14.4. The van der Waals surface area contributed by atoms with E-state index in [4.69, 9.17) is 10.5 Å². The van der Waals surface area contributed by atoms with Gasteiger partial charge in [0, 0.05) is 5.56 Å². The first-order valence-corrected chi connectivity index (χ1v) is 7.15. The number of nitrogens with one attached hydrogen (secondary N) is 1. The summed E-state index contributed by atoms with van der Waals surface area (Å²) in [6.45, 7) is 0. The third-order valence-corrected chi connectivity index (χ3v) is 3.86. The second-order valence-electron chi connectivity index (χ2n) is 5.26. The molecule has 0 radical (unpaired) electrons. The van der Waals surface area contributed by atoms with Gasteiger partial charge in [-0.25, -0.2) is 9.38 Å². The Hall–Kier alpha value is -2.56. The number of halogens is 1. The zero-order valence-corrected chi connectivity index (χ0v) is 12.3. The molecule has 0 saturated carbocycles. The lowest BCUT2D eigenvalue weighted by molar-refractivity contribution is 0.414. The van der Waals surface area contributed by atoms with Gasteiger partial charge in [0.25, 0.3) is 0 Å². The van der Waals surface area contributed by atoms with E-state index in [1.165, 1.54) is 6.07 Å². The largest absolute Gasteiger partial charge is 0.497 e. The summed E-state index contributed by atoms with van der Waals surface area (Å²) in [7, 11) is 1.63. The predicted octanol–water partition coefficient (Wildman–Crippen LogP) is 2.92. The van der Waals surface area contributed by atoms with Crippen LogP contribution >= 0.6 is 0 Å². The van der Waals surface area contributed by atoms with Crippen LogP contribution in [0.4, 0.5) is 4.39 Å². The molecular weight excluding hydrogens is 281 g/mol. The molecule has 22 heavy (non-hydrogen) atoms. The molecule has 2 aromatic carbocycles. The number of nitrogens with two attached hydrogens (primary N) is 1. The van der Waals surface area contributed by atoms with Crippen LogP contribution in [0.3, 0.4) is 0 Å². The molecule has 1 aliphatic heterocycles. The second-order valence-corrected chi connectivity index (χ2v) is 5.26. The highest BCUT2D eigenvalue weighted by molar-refractivity contribution is 5.79. The van der Waals surface area contributed by atoms with Crippen LogP contribution in [0.2, 0.25) is 0 Å². The molecule has 0 aromatic heterocycles. The van der Waals surface area contributed by atoms with Gasteiger partial charge in [0.05, 0.1) is 19.2 Å². The first-order valence-electron chi connectivity index (χ1n) is 7.15. The van der Waals surface area contributed by atoms with Crippen molar-refractivity contribution in [2.75, 3.05) is 7.11 Å². The van der Waals surface area contributed by atoms with E-state index in [2.05, 4.69) is 10.3 Å². The highest BCUT2D eigenvalue weighted by atomic mass is 19.1. The SMILES string of the molecule is COc1ccc(C2CC(c3ccccc3F)NC(N)=N2)cc1. The Balaban J connectivity index is 1.87. The third kappa shape index (κ3) is 2.88. The van der Waals surface area contributed by atoms with E-state index in [0.29, 0.717) is 17.9 Å². The van der Waals surface area contributed by atoms with Gasteiger partial charge in [-0.1, -0.05) is 30.3 Å². The molecule has 0 spiro atoms. The molecule has 1 heterocycles. The Kier molecular flexibility index (Phi) is 3.96. The van der Waals surface area contributed by atoms with E-state index in [0.717, 1.165) is 11.3 Å². The number of aliphatic imine (C=N–C) groups is 1. The molecule has 2 unspecified atom stereocenters. The maximum atomic E-state index is 14.0. The Labute approximate surface area is 128 Å². The van der Waals surface area contributed by atoms with Gasteiger partial charge in [0.15, 0.2) is 5.96 Å². The van der Waals surface area contributed by atoms with Gasteiger partial charge >= 0.3 is 0 Å². The van der Waals surface area contributed by atoms with E-state index in [9.17, 15) is 4.39 Å². The summed E-state index contributed by atoms with van der Waals surface area (Å²) in [5.41, 5.74) is 7.53. The molecule has 4 nitrogen and oxygen atoms in total. The number of nitrogens with zero attached hydrogens (tertiary/aromatic N) is 1. The normalized spacial score (nSPS) is 20.9. The number of methoxy groups -OCH3 is 1. The van der Waals surface area contributed by atoms with Crippen LogP contribution in [0, 0.1) is 5.82 Å². The summed E-state index contributed by atoms with van der Waals surface area (Å²) < 4.78 is 19.2. The van der Waals surface area contributed by atoms with Gasteiger partial charge in [-0.2, -0.15) is 0 Å². The minimum absolute atomic E-state index is 0.100. The molecule has 5 heteroatoms. The lowest BCUT2D eigenvalue weighted by Gasteiger charge is -2.29. The standard InChI is InChI=1S/C17H18FN3O/c1-22-12-8-6-11(7-9-12)15-10-16(21-17(19)20-15)13-4-2-3-5-14(13)18/h2-9,15-16H,10H2,1H3,(H3,19,20,21). The topological polar surface area (TPSA) is 59.6 Å². The average molecular weight is 299 g/mol. The quantitative estimate of drug-likeness (QED) is 0.916. The van der Waals surface area contributed by atoms with Gasteiger partial charge < -0.3 is 15.8 Å². The molecular formula is C17H18FN3O. The molecule has 2 aromatic rings. The molecule has 0 fully saturated rings. The molecule has 3 rings (SSSR count). The summed E-state index contributed by atoms with van der Waals surface area (Å²) in [5.74, 6) is 0.892. The molecule has 0 amide bonds. The summed E-state index contributed by atoms with van der Waals surface area (Å²) in [4.78, 5) is 4.43. The van der Waals surface area contributed by atoms with Crippen LogP contribution < -0.4 is 15.8 Å². The highest BCUT2D eigenvalue weighted by Crippen LogP contribution is 2.33. The first-order chi connectivity index (χ1) is 10.7. The zero-order valence-electron chi connectivity index (χ0n) is 12.3. The van der Waals surface area contributed by atoms with E-state index >= 15 is 0 Å². The minimum Gasteiger partial charge on any atom is -0.497 e. The smallest absolute Gasteiger partial charge is 0.189 e. The van der Waals surface area contributed by atoms with Crippen LogP contribution in [0.5, 0.6) is 5.75 Å². The number of benzene rings is 2. The minimum atomic E-state index is -0.233. The fourth-order valence-electron chi connectivity index (χ4n) is 2.72. The number of hydrogen-bond donors (Lipinski definition) is 2. The van der Waals surface area contributed by atoms with Crippen LogP contribution in [0.1, 0.15) is 29.6 Å². The third-order valence-electron chi connectivity index (χ3n) is 3.86. The van der Waals surface area contributed by atoms with E-state index in [1.807, 2.05) is 30.3 Å². The van der Waals surface area contributed by atoms with E-state index < -0.39 is 0 Å². The molecule has 2 atom stereocenters. The number of rotatable bonds is 3. The number of hydrogen-bond acceptors (Lipinski definition) is 4. The van der Waals surface area contributed by atoms with Gasteiger partial charge in [0.1, 0.15) is 11.6 Å². The van der Waals surface area contributed by atoms with Crippen LogP contribution in [0.15, 0.2) is 53.5 Å². The maximum absolute atomic E-state index is 14.0. The predicted molar refractivity (Wildman–Crippen MR) is 84.3 cm³/mol. The van der Waals surface area contributed by atoms with Crippen molar-refractivity contribution in [1.29, 1.82) is 0 Å². The summed E-state index contributed by atoms with van der Waals surface area (Å²) in [6, 6.07) is 14.2. The monoisotopic (exact) mass is 299 g/mol. The van der Waals surface area contributed by atoms with Crippen molar-refractivity contribution in [3.8, 4) is 5.75 Å². The van der Waals surface area contributed by atoms with E-state index in [-0.39, 0.29) is 17.9 Å². The molecule has 0 aliphatic carbocycles. The maximum Gasteiger partial charge on any atom is 0.189 e. The van der Waals surface area contributed by atoms with Crippen molar-refractivity contribution < 1.29 is 9.13 Å². The lowest BCUT2D eigenvalue weighted by Crippen LogP contribution is -2.39. The Morgan fingerprint density at radius 2 is 1.91 bits per heavy atom. The Bertz CT molecular complexity index is 685. The highest BCUT2D eigenvalue weighted by Gasteiger charge is 2.26. The fourth-order valence-corrected chi connectivity index (χ4v) is 2.72. The summed E-state index contributed by atoms with van der Waals surface area (Å²) in [5, 5.41) is 3.06. The van der Waals surface area contributed by atoms with Crippen LogP contribution in [-0.4, -0.2) is 13.1 Å². The second kappa shape index (κ2) is 6.05. The van der Waals surface area contributed by atoms with Gasteiger partial charge in [-0.3, -0.25) is 0 Å². The molecule has 3 N–H and O–H groups in total. The summed E-state index contributed by atoms with van der Waals surface area (Å²) >= 11 is 0. The van der Waals surface area contributed by atoms with Crippen LogP contribution in [-0.2, 0) is 0 Å². The van der Waals surface area contributed by atoms with Crippen molar-refractivity contribution in [1.82, 2.24) is 5.32 Å². The van der Waals surface area contributed by atoms with Crippen molar-refractivity contribution in [3.05, 3.63) is 65.5 Å². The molecule has 114 valence electrons. The number of ether oxygens (including phenoxy) is 1. The molecule has 0 bridgehead atoms. The van der Waals surface area contributed by atoms with E-state index in [1.54, 1.807) is 19.2 Å². The van der Waals surface area contributed by atoms with Crippen molar-refractivity contribution in [3.63, 3.8) is 0 Å². The van der Waals surface area contributed by atoms with Crippen LogP contribution in [0.25, 0.3) is 0 Å². The van der Waals surface area contributed by atoms with Gasteiger partial charge in [0.2, 0.25) is 0 Å². The molecule has 0 saturated heterocycles.